The second-order valence-electron chi connectivity index (χ2n) is 26.2. The van der Waals surface area contributed by atoms with Gasteiger partial charge in [-0.15, -0.1) is 0 Å². The summed E-state index contributed by atoms with van der Waals surface area (Å²) in [5, 5.41) is 9.76. The quantitative estimate of drug-likeness (QED) is 0.0211. The molecule has 2 unspecified atom stereocenters. The average molecular weight is 1270 g/mol. The minimum Gasteiger partial charge on any atom is -0.477 e. The number of rotatable bonds is 69. The van der Waals surface area contributed by atoms with Gasteiger partial charge in [0.2, 0.25) is 0 Å². The third-order valence-electron chi connectivity index (χ3n) is 16.2. The van der Waals surface area contributed by atoms with Gasteiger partial charge in [-0.2, -0.15) is 0 Å². The van der Waals surface area contributed by atoms with Crippen molar-refractivity contribution in [2.75, 3.05) is 47.5 Å². The standard InChI is InChI=1S/C82H141NO8/c1-6-8-10-12-14-16-18-20-22-24-26-28-30-32-33-34-35-36-37-38-39-40-41-42-43-44-45-46-47-49-51-53-55-57-59-61-63-65-67-69-71-73-80(85)91-78(77-90-82(81(86)87)88-75-74-83(3,4)5)76-89-79(84)72-70-68-66-64-62-60-58-56-54-52-50-48-31-29-27-25-23-21-19-17-15-13-11-9-7-2/h8,10,14,16,19-22,25-28,31-33,35-36,38-39,48,78,82H,6-7,9,11-13,15,17-18,23-24,29-30,34,37,40-47,49-77H2,1-5H3/p+1/b10-8-,16-14-,21-19-,22-20-,27-25-,28-26-,33-32-,36-35-,39-38-,48-31-. The summed E-state index contributed by atoms with van der Waals surface area (Å²) in [5.41, 5.74) is 0. The molecule has 0 saturated carbocycles. The minimum atomic E-state index is -1.52. The first kappa shape index (κ1) is 86.7. The molecule has 0 rings (SSSR count). The lowest BCUT2D eigenvalue weighted by atomic mass is 10.0. The fourth-order valence-electron chi connectivity index (χ4n) is 10.5. The fourth-order valence-corrected chi connectivity index (χ4v) is 10.5. The molecule has 9 heteroatoms. The lowest BCUT2D eigenvalue weighted by Gasteiger charge is -2.25. The van der Waals surface area contributed by atoms with E-state index in [2.05, 4.69) is 135 Å². The van der Waals surface area contributed by atoms with E-state index in [1.165, 1.54) is 199 Å². The molecule has 0 spiro atoms. The van der Waals surface area contributed by atoms with Gasteiger partial charge in [0.25, 0.3) is 6.29 Å². The molecule has 91 heavy (non-hydrogen) atoms. The zero-order chi connectivity index (χ0) is 66.1. The van der Waals surface area contributed by atoms with Crippen molar-refractivity contribution < 1.29 is 42.9 Å². The summed E-state index contributed by atoms with van der Waals surface area (Å²) in [6.07, 6.45) is 99.0. The van der Waals surface area contributed by atoms with Crippen LogP contribution in [-0.2, 0) is 33.3 Å². The first-order valence-corrected chi connectivity index (χ1v) is 37.7. The topological polar surface area (TPSA) is 108 Å². The van der Waals surface area contributed by atoms with Gasteiger partial charge in [0, 0.05) is 12.8 Å². The third kappa shape index (κ3) is 73.0. The molecule has 522 valence electrons. The summed E-state index contributed by atoms with van der Waals surface area (Å²) in [7, 11) is 5.98. The Balaban J connectivity index is 4.04. The van der Waals surface area contributed by atoms with Gasteiger partial charge < -0.3 is 28.5 Å². The van der Waals surface area contributed by atoms with Crippen LogP contribution >= 0.6 is 0 Å². The number of carbonyl (C=O) groups is 3. The minimum absolute atomic E-state index is 0.184. The molecule has 2 atom stereocenters. The Hall–Kier alpha value is -4.31. The Bertz CT molecular complexity index is 1910. The number of carboxylic acids is 1. The molecular formula is C82H142NO8+. The van der Waals surface area contributed by atoms with Crippen molar-refractivity contribution in [2.24, 2.45) is 0 Å². The van der Waals surface area contributed by atoms with E-state index < -0.39 is 24.3 Å². The number of hydrogen-bond acceptors (Lipinski definition) is 7. The molecule has 0 radical (unpaired) electrons. The molecule has 0 aromatic carbocycles. The molecule has 0 aromatic heterocycles. The molecular weight excluding hydrogens is 1130 g/mol. The van der Waals surface area contributed by atoms with Crippen LogP contribution in [0.15, 0.2) is 122 Å². The van der Waals surface area contributed by atoms with E-state index in [9.17, 15) is 19.5 Å². The maximum Gasteiger partial charge on any atom is 0.361 e. The second kappa shape index (κ2) is 71.5. The number of esters is 2. The first-order chi connectivity index (χ1) is 44.6. The summed E-state index contributed by atoms with van der Waals surface area (Å²) in [5.74, 6) is -2.00. The van der Waals surface area contributed by atoms with Crippen LogP contribution in [0, 0.1) is 0 Å². The van der Waals surface area contributed by atoms with Crippen molar-refractivity contribution in [3.05, 3.63) is 122 Å². The SMILES string of the molecule is CC/C=C\C/C=C\C/C=C\C/C=C\C/C=C\C/C=C\C/C=C\CCCCCCCCCCCCCCCCCCCCCC(=O)OC(COC(=O)CCCCCCCCCCCC/C=C\C/C=C\C/C=C\CCCCCCC)COC(OCC[N+](C)(C)C)C(=O)O. The Labute approximate surface area is 561 Å². The van der Waals surface area contributed by atoms with Gasteiger partial charge in [0.05, 0.1) is 34.4 Å². The smallest absolute Gasteiger partial charge is 0.361 e. The number of aliphatic carboxylic acids is 1. The van der Waals surface area contributed by atoms with Gasteiger partial charge in [0.15, 0.2) is 6.10 Å². The molecule has 0 aliphatic carbocycles. The molecule has 1 N–H and O–H groups in total. The number of nitrogens with zero attached hydrogens (tertiary/aromatic N) is 1. The van der Waals surface area contributed by atoms with Gasteiger partial charge in [0.1, 0.15) is 13.2 Å². The molecule has 0 aliphatic rings. The van der Waals surface area contributed by atoms with Crippen LogP contribution in [0.5, 0.6) is 0 Å². The molecule has 0 bridgehead atoms. The summed E-state index contributed by atoms with van der Waals surface area (Å²) >= 11 is 0. The number of quaternary nitrogens is 1. The van der Waals surface area contributed by atoms with Crippen molar-refractivity contribution in [1.82, 2.24) is 0 Å². The Morgan fingerprint density at radius 1 is 0.341 bits per heavy atom. The van der Waals surface area contributed by atoms with Crippen molar-refractivity contribution in [1.29, 1.82) is 0 Å². The normalized spacial score (nSPS) is 13.4. The van der Waals surface area contributed by atoms with Crippen LogP contribution in [-0.4, -0.2) is 87.4 Å². The van der Waals surface area contributed by atoms with E-state index >= 15 is 0 Å². The highest BCUT2D eigenvalue weighted by molar-refractivity contribution is 5.71. The number of carboxylic acid groups (broad SMARTS) is 1. The molecule has 0 heterocycles. The number of allylic oxidation sites excluding steroid dienone is 20. The van der Waals surface area contributed by atoms with Crippen LogP contribution in [0.4, 0.5) is 0 Å². The van der Waals surface area contributed by atoms with Crippen LogP contribution in [0.3, 0.4) is 0 Å². The maximum atomic E-state index is 13.0. The van der Waals surface area contributed by atoms with E-state index in [0.29, 0.717) is 17.4 Å². The summed E-state index contributed by atoms with van der Waals surface area (Å²) < 4.78 is 23.0. The van der Waals surface area contributed by atoms with Gasteiger partial charge in [-0.1, -0.05) is 322 Å². The van der Waals surface area contributed by atoms with Crippen LogP contribution in [0.25, 0.3) is 0 Å². The van der Waals surface area contributed by atoms with Crippen molar-refractivity contribution in [3.8, 4) is 0 Å². The van der Waals surface area contributed by atoms with Gasteiger partial charge in [-0.25, -0.2) is 4.79 Å². The number of hydrogen-bond donors (Lipinski definition) is 1. The van der Waals surface area contributed by atoms with E-state index in [1.807, 2.05) is 21.1 Å². The maximum absolute atomic E-state index is 13.0. The number of ether oxygens (including phenoxy) is 4. The molecule has 0 amide bonds. The monoisotopic (exact) mass is 1270 g/mol. The first-order valence-electron chi connectivity index (χ1n) is 37.7. The number of carbonyl (C=O) groups excluding carboxylic acids is 2. The summed E-state index contributed by atoms with van der Waals surface area (Å²) in [6, 6.07) is 0. The van der Waals surface area contributed by atoms with Gasteiger partial charge in [-0.05, 0) is 109 Å². The second-order valence-corrected chi connectivity index (χ2v) is 26.2. The third-order valence-corrected chi connectivity index (χ3v) is 16.2. The molecule has 0 saturated heterocycles. The molecule has 0 aromatic rings. The fraction of sp³-hybridized carbons (Fsp3) is 0.720. The zero-order valence-electron chi connectivity index (χ0n) is 59.7. The Morgan fingerprint density at radius 3 is 0.934 bits per heavy atom. The predicted molar refractivity (Wildman–Crippen MR) is 391 cm³/mol. The number of likely N-dealkylation sites (N-methyl/N-ethyl adjacent to an activating group) is 1. The van der Waals surface area contributed by atoms with Crippen molar-refractivity contribution in [3.63, 3.8) is 0 Å². The molecule has 0 fully saturated rings. The van der Waals surface area contributed by atoms with E-state index in [-0.39, 0.29) is 32.2 Å². The highest BCUT2D eigenvalue weighted by Gasteiger charge is 2.25. The van der Waals surface area contributed by atoms with Crippen LogP contribution < -0.4 is 0 Å². The predicted octanol–water partition coefficient (Wildman–Crippen LogP) is 23.9. The lowest BCUT2D eigenvalue weighted by molar-refractivity contribution is -0.870. The van der Waals surface area contributed by atoms with Gasteiger partial charge >= 0.3 is 17.9 Å². The van der Waals surface area contributed by atoms with Gasteiger partial charge in [-0.3, -0.25) is 9.59 Å². The van der Waals surface area contributed by atoms with Crippen LogP contribution in [0.1, 0.15) is 322 Å². The molecule has 0 aliphatic heterocycles. The average Bonchev–Trinajstić information content (AvgIpc) is 3.53. The highest BCUT2D eigenvalue weighted by Crippen LogP contribution is 2.18. The zero-order valence-corrected chi connectivity index (χ0v) is 59.7. The van der Waals surface area contributed by atoms with Crippen molar-refractivity contribution >= 4 is 17.9 Å². The number of unbranched alkanes of at least 4 members (excludes halogenated alkanes) is 34. The lowest BCUT2D eigenvalue weighted by Crippen LogP contribution is -2.40. The Kier molecular flexibility index (Phi) is 68.1. The summed E-state index contributed by atoms with van der Waals surface area (Å²) in [6.45, 7) is 4.77. The van der Waals surface area contributed by atoms with Crippen molar-refractivity contribution in [2.45, 2.75) is 334 Å². The highest BCUT2D eigenvalue weighted by atomic mass is 16.7. The molecule has 9 nitrogen and oxygen atoms in total. The van der Waals surface area contributed by atoms with E-state index in [0.717, 1.165) is 96.3 Å². The van der Waals surface area contributed by atoms with E-state index in [1.54, 1.807) is 0 Å². The summed E-state index contributed by atoms with van der Waals surface area (Å²) in [4.78, 5) is 37.7. The van der Waals surface area contributed by atoms with Crippen LogP contribution in [0.2, 0.25) is 0 Å². The largest absolute Gasteiger partial charge is 0.477 e. The van der Waals surface area contributed by atoms with E-state index in [4.69, 9.17) is 18.9 Å². The Morgan fingerprint density at radius 2 is 0.626 bits per heavy atom.